The lowest BCUT2D eigenvalue weighted by atomic mass is 10.1. The molecule has 1 heterocycles. The molecule has 29 heavy (non-hydrogen) atoms. The molecule has 150 valence electrons. The van der Waals surface area contributed by atoms with Crippen LogP contribution in [0.1, 0.15) is 10.4 Å². The summed E-state index contributed by atoms with van der Waals surface area (Å²) in [5.41, 5.74) is 0.632. The topological polar surface area (TPSA) is 105 Å². The lowest BCUT2D eigenvalue weighted by molar-refractivity contribution is -0.136. The zero-order valence-electron chi connectivity index (χ0n) is 15.8. The van der Waals surface area contributed by atoms with Gasteiger partial charge in [-0.05, 0) is 24.3 Å². The Labute approximate surface area is 167 Å². The quantitative estimate of drug-likeness (QED) is 0.541. The number of anilines is 1. The molecule has 2 aromatic carbocycles. The maximum absolute atomic E-state index is 12.7. The molecule has 0 bridgehead atoms. The number of carbonyl (C=O) groups is 3. The smallest absolute Gasteiger partial charge is 0.345 e. The van der Waals surface area contributed by atoms with E-state index in [1.54, 1.807) is 54.6 Å². The van der Waals surface area contributed by atoms with Crippen molar-refractivity contribution in [2.24, 2.45) is 0 Å². The summed E-state index contributed by atoms with van der Waals surface area (Å²) in [6.07, 6.45) is 0. The summed E-state index contributed by atoms with van der Waals surface area (Å²) in [5.74, 6) is -1.36. The van der Waals surface area contributed by atoms with Crippen molar-refractivity contribution in [3.05, 3.63) is 71.4 Å². The van der Waals surface area contributed by atoms with Crippen LogP contribution in [0.15, 0.2) is 65.9 Å². The number of carbonyl (C=O) groups excluding carboxylic acids is 3. The van der Waals surface area contributed by atoms with E-state index < -0.39 is 17.8 Å². The highest BCUT2D eigenvalue weighted by atomic mass is 16.5. The number of β-amino-alcohol motifs (C(OH)–C–C–N with tert-alkyl or cyclic N) is 1. The minimum atomic E-state index is -0.661. The maximum atomic E-state index is 12.7. The third-order valence-corrected chi connectivity index (χ3v) is 4.31. The van der Waals surface area contributed by atoms with Gasteiger partial charge in [-0.3, -0.25) is 4.79 Å². The van der Waals surface area contributed by atoms with E-state index in [2.05, 4.69) is 5.32 Å². The second-order valence-corrected chi connectivity index (χ2v) is 6.17. The normalized spacial score (nSPS) is 13.4. The highest BCUT2D eigenvalue weighted by Gasteiger charge is 2.35. The molecule has 0 fully saturated rings. The third-order valence-electron chi connectivity index (χ3n) is 4.31. The summed E-state index contributed by atoms with van der Waals surface area (Å²) in [6, 6.07) is 15.1. The number of ether oxygens (including phenoxy) is 2. The fraction of sp³-hybridized carbons (Fsp3) is 0.190. The first kappa shape index (κ1) is 20.1. The Kier molecular flexibility index (Phi) is 6.25. The molecule has 0 unspecified atom stereocenters. The summed E-state index contributed by atoms with van der Waals surface area (Å²) in [5, 5.41) is 12.0. The molecule has 0 aromatic heterocycles. The van der Waals surface area contributed by atoms with Gasteiger partial charge in [0.15, 0.2) is 0 Å². The number of amides is 1. The SMILES string of the molecule is COC(=O)C1=C(Nc2ccccc2C(=O)Oc2ccccc2)C(=O)N(CCO)C1. The average Bonchev–Trinajstić information content (AvgIpc) is 3.04. The van der Waals surface area contributed by atoms with Gasteiger partial charge in [0.2, 0.25) is 0 Å². The van der Waals surface area contributed by atoms with Crippen molar-refractivity contribution in [1.82, 2.24) is 4.90 Å². The second-order valence-electron chi connectivity index (χ2n) is 6.17. The van der Waals surface area contributed by atoms with Crippen LogP contribution in [-0.4, -0.2) is 54.7 Å². The molecule has 8 heteroatoms. The van der Waals surface area contributed by atoms with Gasteiger partial charge in [-0.25, -0.2) is 9.59 Å². The van der Waals surface area contributed by atoms with E-state index in [4.69, 9.17) is 14.6 Å². The van der Waals surface area contributed by atoms with E-state index in [-0.39, 0.29) is 36.5 Å². The van der Waals surface area contributed by atoms with Crippen LogP contribution in [0, 0.1) is 0 Å². The summed E-state index contributed by atoms with van der Waals surface area (Å²) in [4.78, 5) is 38.7. The van der Waals surface area contributed by atoms with Gasteiger partial charge in [-0.1, -0.05) is 30.3 Å². The fourth-order valence-corrected chi connectivity index (χ4v) is 2.90. The predicted octanol–water partition coefficient (Wildman–Crippen LogP) is 1.58. The molecule has 0 radical (unpaired) electrons. The molecular formula is C21H20N2O6. The number of nitrogens with zero attached hydrogens (tertiary/aromatic N) is 1. The van der Waals surface area contributed by atoms with Gasteiger partial charge in [-0.15, -0.1) is 0 Å². The molecule has 1 amide bonds. The highest BCUT2D eigenvalue weighted by molar-refractivity contribution is 6.09. The van der Waals surface area contributed by atoms with Crippen LogP contribution in [0.4, 0.5) is 5.69 Å². The van der Waals surface area contributed by atoms with Crippen molar-refractivity contribution < 1.29 is 29.0 Å². The lowest BCUT2D eigenvalue weighted by Gasteiger charge is -2.16. The number of aliphatic hydroxyl groups is 1. The number of aliphatic hydroxyl groups excluding tert-OH is 1. The number of nitrogens with one attached hydrogen (secondary N) is 1. The van der Waals surface area contributed by atoms with Crippen molar-refractivity contribution in [1.29, 1.82) is 0 Å². The van der Waals surface area contributed by atoms with Crippen molar-refractivity contribution in [3.8, 4) is 5.75 Å². The first-order chi connectivity index (χ1) is 14.0. The number of hydrogen-bond donors (Lipinski definition) is 2. The van der Waals surface area contributed by atoms with E-state index in [1.807, 2.05) is 0 Å². The first-order valence-corrected chi connectivity index (χ1v) is 8.90. The minimum absolute atomic E-state index is 0.00487. The Bertz CT molecular complexity index is 955. The van der Waals surface area contributed by atoms with Crippen molar-refractivity contribution >= 4 is 23.5 Å². The van der Waals surface area contributed by atoms with Crippen LogP contribution >= 0.6 is 0 Å². The molecule has 3 rings (SSSR count). The monoisotopic (exact) mass is 396 g/mol. The highest BCUT2D eigenvalue weighted by Crippen LogP contribution is 2.25. The average molecular weight is 396 g/mol. The molecule has 0 atom stereocenters. The van der Waals surface area contributed by atoms with E-state index in [0.717, 1.165) is 0 Å². The number of rotatable bonds is 7. The molecule has 2 aromatic rings. The zero-order valence-corrected chi connectivity index (χ0v) is 15.8. The number of methoxy groups -OCH3 is 1. The molecule has 8 nitrogen and oxygen atoms in total. The molecule has 0 spiro atoms. The van der Waals surface area contributed by atoms with Gasteiger partial charge in [0.25, 0.3) is 5.91 Å². The largest absolute Gasteiger partial charge is 0.466 e. The summed E-state index contributed by atoms with van der Waals surface area (Å²) < 4.78 is 10.1. The zero-order chi connectivity index (χ0) is 20.8. The van der Waals surface area contributed by atoms with E-state index in [0.29, 0.717) is 11.4 Å². The van der Waals surface area contributed by atoms with Crippen LogP contribution in [0.25, 0.3) is 0 Å². The Morgan fingerprint density at radius 1 is 1.07 bits per heavy atom. The standard InChI is InChI=1S/C21H20N2O6/c1-28-20(26)16-13-23(11-12-24)19(25)18(16)22-17-10-6-5-9-15(17)21(27)29-14-7-3-2-4-8-14/h2-10,22,24H,11-13H2,1H3. The van der Waals surface area contributed by atoms with Gasteiger partial charge < -0.3 is 24.8 Å². The van der Waals surface area contributed by atoms with Gasteiger partial charge in [-0.2, -0.15) is 0 Å². The predicted molar refractivity (Wildman–Crippen MR) is 104 cm³/mol. The number of hydrogen-bond acceptors (Lipinski definition) is 7. The molecule has 1 aliphatic rings. The first-order valence-electron chi connectivity index (χ1n) is 8.90. The van der Waals surface area contributed by atoms with Crippen LogP contribution in [0.5, 0.6) is 5.75 Å². The van der Waals surface area contributed by atoms with Crippen LogP contribution < -0.4 is 10.1 Å². The van der Waals surface area contributed by atoms with E-state index in [1.165, 1.54) is 12.0 Å². The Hall–Kier alpha value is -3.65. The number of benzene rings is 2. The van der Waals surface area contributed by atoms with Crippen LogP contribution in [0.3, 0.4) is 0 Å². The van der Waals surface area contributed by atoms with Crippen molar-refractivity contribution in [2.75, 3.05) is 32.1 Å². The van der Waals surface area contributed by atoms with Crippen molar-refractivity contribution in [3.63, 3.8) is 0 Å². The van der Waals surface area contributed by atoms with E-state index >= 15 is 0 Å². The van der Waals surface area contributed by atoms with Crippen LogP contribution in [-0.2, 0) is 14.3 Å². The number of esters is 2. The van der Waals surface area contributed by atoms with Gasteiger partial charge in [0.1, 0.15) is 11.4 Å². The Morgan fingerprint density at radius 2 is 1.76 bits per heavy atom. The van der Waals surface area contributed by atoms with Gasteiger partial charge in [0.05, 0.1) is 37.1 Å². The van der Waals surface area contributed by atoms with E-state index in [9.17, 15) is 14.4 Å². The Morgan fingerprint density at radius 3 is 2.45 bits per heavy atom. The van der Waals surface area contributed by atoms with Crippen molar-refractivity contribution in [2.45, 2.75) is 0 Å². The summed E-state index contributed by atoms with van der Waals surface area (Å²) in [7, 11) is 1.22. The minimum Gasteiger partial charge on any atom is -0.466 e. The molecule has 0 aliphatic carbocycles. The Balaban J connectivity index is 1.90. The molecule has 2 N–H and O–H groups in total. The lowest BCUT2D eigenvalue weighted by Crippen LogP contribution is -2.31. The van der Waals surface area contributed by atoms with Gasteiger partial charge >= 0.3 is 11.9 Å². The number of para-hydroxylation sites is 2. The third kappa shape index (κ3) is 4.44. The second kappa shape index (κ2) is 9.03. The maximum Gasteiger partial charge on any atom is 0.345 e. The summed E-state index contributed by atoms with van der Waals surface area (Å²) in [6.45, 7) is -0.166. The molecule has 0 saturated carbocycles. The molecule has 0 saturated heterocycles. The summed E-state index contributed by atoms with van der Waals surface area (Å²) >= 11 is 0. The molecular weight excluding hydrogens is 376 g/mol. The van der Waals surface area contributed by atoms with Gasteiger partial charge in [0, 0.05) is 6.54 Å². The fourth-order valence-electron chi connectivity index (χ4n) is 2.90. The van der Waals surface area contributed by atoms with Crippen LogP contribution in [0.2, 0.25) is 0 Å². The molecule has 1 aliphatic heterocycles.